The number of amides is 1. The standard InChI is InChI=1S/C28H32F2N6O3S/c1-19-12-22(39-27-23(14-31)26(5-3-24(27)30)34-40-36-11-6-20(29)15-36)2-4-25(19)33-17-35(18-37)21-13-28(38-16-21)7-9-32-10-8-28/h2-5,12,17-18,20-21,32,34H,6-11,13,15-16H2,1H3. The van der Waals surface area contributed by atoms with E-state index < -0.39 is 12.0 Å². The van der Waals surface area contributed by atoms with Crippen molar-refractivity contribution in [1.82, 2.24) is 14.5 Å². The van der Waals surface area contributed by atoms with Crippen LogP contribution in [0.3, 0.4) is 0 Å². The van der Waals surface area contributed by atoms with Gasteiger partial charge in [0.2, 0.25) is 6.41 Å². The van der Waals surface area contributed by atoms with Crippen LogP contribution in [0.25, 0.3) is 0 Å². The highest BCUT2D eigenvalue weighted by molar-refractivity contribution is 7.98. The summed E-state index contributed by atoms with van der Waals surface area (Å²) < 4.78 is 45.0. The van der Waals surface area contributed by atoms with Crippen molar-refractivity contribution in [2.24, 2.45) is 4.99 Å². The third-order valence-corrected chi connectivity index (χ3v) is 8.47. The van der Waals surface area contributed by atoms with E-state index in [4.69, 9.17) is 9.47 Å². The minimum Gasteiger partial charge on any atom is -0.453 e. The molecule has 3 heterocycles. The molecule has 0 aliphatic carbocycles. The van der Waals surface area contributed by atoms with Crippen molar-refractivity contribution in [2.75, 3.05) is 37.5 Å². The number of piperidine rings is 1. The van der Waals surface area contributed by atoms with Gasteiger partial charge in [0.25, 0.3) is 0 Å². The molecule has 3 aliphatic heterocycles. The van der Waals surface area contributed by atoms with Crippen molar-refractivity contribution < 1.29 is 23.0 Å². The van der Waals surface area contributed by atoms with Crippen molar-refractivity contribution >= 4 is 36.3 Å². The minimum atomic E-state index is -0.878. The van der Waals surface area contributed by atoms with Gasteiger partial charge < -0.3 is 19.5 Å². The molecular formula is C28H32F2N6O3S. The van der Waals surface area contributed by atoms with Crippen molar-refractivity contribution in [3.63, 3.8) is 0 Å². The van der Waals surface area contributed by atoms with Crippen LogP contribution in [-0.2, 0) is 9.53 Å². The SMILES string of the molecule is Cc1cc(Oc2c(F)ccc(NSN3CCC(F)C3)c2C#N)ccc1N=CN(C=O)C1COC2(CCNCC2)C1. The summed E-state index contributed by atoms with van der Waals surface area (Å²) in [5.41, 5.74) is 1.58. The molecule has 3 fully saturated rings. The number of hydrogen-bond acceptors (Lipinski definition) is 9. The van der Waals surface area contributed by atoms with Crippen LogP contribution >= 0.6 is 12.1 Å². The van der Waals surface area contributed by atoms with Gasteiger partial charge >= 0.3 is 0 Å². The summed E-state index contributed by atoms with van der Waals surface area (Å²) in [5.74, 6) is -0.543. The summed E-state index contributed by atoms with van der Waals surface area (Å²) in [7, 11) is 0. The summed E-state index contributed by atoms with van der Waals surface area (Å²) in [6.07, 6.45) is 4.51. The highest BCUT2D eigenvalue weighted by Gasteiger charge is 2.42. The van der Waals surface area contributed by atoms with Crippen LogP contribution in [0.15, 0.2) is 35.3 Å². The first-order chi connectivity index (χ1) is 19.4. The Morgan fingerprint density at radius 2 is 2.17 bits per heavy atom. The third-order valence-electron chi connectivity index (χ3n) is 7.57. The number of nitriles is 1. The first kappa shape index (κ1) is 28.3. The molecule has 212 valence electrons. The van der Waals surface area contributed by atoms with E-state index in [1.54, 1.807) is 23.1 Å². The predicted molar refractivity (Wildman–Crippen MR) is 150 cm³/mol. The second kappa shape index (κ2) is 12.5. The van der Waals surface area contributed by atoms with Gasteiger partial charge in [-0.25, -0.2) is 18.1 Å². The van der Waals surface area contributed by atoms with E-state index in [9.17, 15) is 18.8 Å². The molecule has 0 aromatic heterocycles. The fourth-order valence-corrected chi connectivity index (χ4v) is 6.10. The summed E-state index contributed by atoms with van der Waals surface area (Å²) in [5, 5.41) is 13.1. The molecule has 1 amide bonds. The zero-order valence-electron chi connectivity index (χ0n) is 22.2. The number of aliphatic imine (C=N–C) groups is 1. The van der Waals surface area contributed by atoms with E-state index >= 15 is 0 Å². The lowest BCUT2D eigenvalue weighted by Crippen LogP contribution is -2.42. The Hall–Kier alpha value is -3.24. The molecule has 40 heavy (non-hydrogen) atoms. The van der Waals surface area contributed by atoms with Gasteiger partial charge in [-0.15, -0.1) is 0 Å². The fourth-order valence-electron chi connectivity index (χ4n) is 5.27. The van der Waals surface area contributed by atoms with Crippen LogP contribution in [0.1, 0.15) is 36.8 Å². The maximum Gasteiger partial charge on any atom is 0.215 e. The van der Waals surface area contributed by atoms with Crippen LogP contribution in [0.5, 0.6) is 11.5 Å². The normalized spacial score (nSPS) is 22.4. The van der Waals surface area contributed by atoms with Crippen molar-refractivity contribution in [2.45, 2.75) is 50.4 Å². The first-order valence-electron chi connectivity index (χ1n) is 13.3. The Kier molecular flexibility index (Phi) is 8.85. The van der Waals surface area contributed by atoms with Crippen LogP contribution < -0.4 is 14.8 Å². The van der Waals surface area contributed by atoms with Gasteiger partial charge in [-0.1, -0.05) is 0 Å². The molecule has 2 aromatic carbocycles. The Bertz CT molecular complexity index is 1300. The lowest BCUT2D eigenvalue weighted by Gasteiger charge is -2.33. The molecule has 1 spiro atoms. The predicted octanol–water partition coefficient (Wildman–Crippen LogP) is 4.85. The van der Waals surface area contributed by atoms with Gasteiger partial charge in [0.15, 0.2) is 11.6 Å². The molecule has 9 nitrogen and oxygen atoms in total. The molecular weight excluding hydrogens is 538 g/mol. The van der Waals surface area contributed by atoms with E-state index in [2.05, 4.69) is 15.0 Å². The van der Waals surface area contributed by atoms with E-state index in [-0.39, 0.29) is 29.5 Å². The molecule has 0 radical (unpaired) electrons. The Balaban J connectivity index is 1.26. The van der Waals surface area contributed by atoms with Gasteiger partial charge in [0.05, 0.1) is 36.0 Å². The van der Waals surface area contributed by atoms with E-state index in [0.29, 0.717) is 36.7 Å². The molecule has 3 saturated heterocycles. The number of carbonyl (C=O) groups excluding carboxylic acids is 1. The number of aryl methyl sites for hydroxylation is 1. The third kappa shape index (κ3) is 6.39. The molecule has 3 aliphatic rings. The van der Waals surface area contributed by atoms with E-state index in [1.807, 2.05) is 17.3 Å². The summed E-state index contributed by atoms with van der Waals surface area (Å²) in [6, 6.07) is 9.67. The van der Waals surface area contributed by atoms with Crippen LogP contribution in [0.2, 0.25) is 0 Å². The van der Waals surface area contributed by atoms with E-state index in [1.165, 1.54) is 30.6 Å². The fraction of sp³-hybridized carbons (Fsp3) is 0.464. The van der Waals surface area contributed by atoms with Gasteiger partial charge in [-0.05, 0) is 81.6 Å². The number of rotatable bonds is 9. The van der Waals surface area contributed by atoms with Crippen LogP contribution in [0.4, 0.5) is 20.2 Å². The Morgan fingerprint density at radius 1 is 1.35 bits per heavy atom. The Labute approximate surface area is 236 Å². The second-order valence-corrected chi connectivity index (χ2v) is 11.2. The molecule has 0 saturated carbocycles. The molecule has 12 heteroatoms. The minimum absolute atomic E-state index is 0.00942. The molecule has 2 N–H and O–H groups in total. The zero-order chi connectivity index (χ0) is 28.1. The summed E-state index contributed by atoms with van der Waals surface area (Å²) in [4.78, 5) is 17.9. The molecule has 5 rings (SSSR count). The van der Waals surface area contributed by atoms with Crippen molar-refractivity contribution in [3.05, 3.63) is 47.3 Å². The van der Waals surface area contributed by atoms with E-state index in [0.717, 1.165) is 44.3 Å². The first-order valence-corrected chi connectivity index (χ1v) is 14.1. The molecule has 0 bridgehead atoms. The quantitative estimate of drug-likeness (QED) is 0.191. The largest absolute Gasteiger partial charge is 0.453 e. The zero-order valence-corrected chi connectivity index (χ0v) is 23.1. The Morgan fingerprint density at radius 3 is 2.88 bits per heavy atom. The van der Waals surface area contributed by atoms with Crippen LogP contribution in [-0.4, -0.2) is 72.6 Å². The number of nitrogens with zero attached hydrogens (tertiary/aromatic N) is 4. The number of hydrogen-bond donors (Lipinski definition) is 2. The van der Waals surface area contributed by atoms with Crippen molar-refractivity contribution in [3.8, 4) is 17.6 Å². The smallest absolute Gasteiger partial charge is 0.215 e. The second-order valence-electron chi connectivity index (χ2n) is 10.3. The van der Waals surface area contributed by atoms with Gasteiger partial charge in [0, 0.05) is 25.2 Å². The highest BCUT2D eigenvalue weighted by Crippen LogP contribution is 2.37. The number of alkyl halides is 1. The average Bonchev–Trinajstić information content (AvgIpc) is 3.56. The van der Waals surface area contributed by atoms with Gasteiger partial charge in [-0.2, -0.15) is 5.26 Å². The number of carbonyl (C=O) groups is 1. The average molecular weight is 571 g/mol. The number of ether oxygens (including phenoxy) is 2. The van der Waals surface area contributed by atoms with Crippen molar-refractivity contribution in [1.29, 1.82) is 5.26 Å². The maximum absolute atomic E-state index is 14.8. The highest BCUT2D eigenvalue weighted by atomic mass is 32.2. The maximum atomic E-state index is 14.8. The number of benzene rings is 2. The number of nitrogens with one attached hydrogen (secondary N) is 2. The van der Waals surface area contributed by atoms with Crippen LogP contribution in [0, 0.1) is 24.1 Å². The lowest BCUT2D eigenvalue weighted by atomic mass is 9.88. The summed E-state index contributed by atoms with van der Waals surface area (Å²) in [6.45, 7) is 5.00. The van der Waals surface area contributed by atoms with Gasteiger partial charge in [-0.3, -0.25) is 9.69 Å². The lowest BCUT2D eigenvalue weighted by molar-refractivity contribution is -0.116. The molecule has 2 aromatic rings. The van der Waals surface area contributed by atoms with Gasteiger partial charge in [0.1, 0.15) is 23.6 Å². The monoisotopic (exact) mass is 570 g/mol. The molecule has 2 atom stereocenters. The molecule has 2 unspecified atom stereocenters. The topological polar surface area (TPSA) is 102 Å². The number of anilines is 1. The summed E-state index contributed by atoms with van der Waals surface area (Å²) >= 11 is 1.18. The number of halogens is 2.